The third-order valence-electron chi connectivity index (χ3n) is 2.47. The number of halogens is 1. The number of allylic oxidation sites excluding steroid dienone is 1. The minimum absolute atomic E-state index is 0. The Kier molecular flexibility index (Phi) is 3.14. The molecule has 1 fully saturated rings. The summed E-state index contributed by atoms with van der Waals surface area (Å²) in [5, 5.41) is 8.72. The Morgan fingerprint density at radius 3 is 2.42 bits per heavy atom. The fourth-order valence-corrected chi connectivity index (χ4v) is 1.59. The lowest BCUT2D eigenvalue weighted by atomic mass is 10.1. The largest absolute Gasteiger partial charge is 0.481 e. The van der Waals surface area contributed by atoms with Crippen molar-refractivity contribution in [3.63, 3.8) is 0 Å². The smallest absolute Gasteiger partial charge is 0.307 e. The van der Waals surface area contributed by atoms with E-state index in [1.807, 2.05) is 13.8 Å². The molecule has 1 aliphatic rings. The zero-order valence-corrected chi connectivity index (χ0v) is 8.02. The molecule has 68 valence electrons. The monoisotopic (exact) mass is 188 g/mol. The van der Waals surface area contributed by atoms with Crippen LogP contribution in [0, 0.1) is 17.3 Å². The predicted molar refractivity (Wildman–Crippen MR) is 49.4 cm³/mol. The molecule has 0 amide bonds. The van der Waals surface area contributed by atoms with Crippen LogP contribution < -0.4 is 0 Å². The normalized spacial score (nSPS) is 29.5. The van der Waals surface area contributed by atoms with Crippen LogP contribution in [0.4, 0.5) is 0 Å². The van der Waals surface area contributed by atoms with Gasteiger partial charge in [0.05, 0.1) is 5.92 Å². The molecule has 3 heteroatoms. The van der Waals surface area contributed by atoms with Gasteiger partial charge in [0.1, 0.15) is 0 Å². The number of carboxylic acids is 1. The summed E-state index contributed by atoms with van der Waals surface area (Å²) in [5.41, 5.74) is 2.53. The zero-order valence-electron chi connectivity index (χ0n) is 7.20. The van der Waals surface area contributed by atoms with Crippen LogP contribution in [0.3, 0.4) is 0 Å². The summed E-state index contributed by atoms with van der Waals surface area (Å²) in [5.74, 6) is -0.833. The van der Waals surface area contributed by atoms with Crippen molar-refractivity contribution in [2.45, 2.75) is 13.8 Å². The van der Waals surface area contributed by atoms with Gasteiger partial charge < -0.3 is 5.11 Å². The summed E-state index contributed by atoms with van der Waals surface area (Å²) in [6.45, 7) is 7.32. The average molecular weight is 189 g/mol. The number of carboxylic acid groups (broad SMARTS) is 1. The second-order valence-corrected chi connectivity index (χ2v) is 3.53. The van der Waals surface area contributed by atoms with Crippen molar-refractivity contribution in [1.29, 1.82) is 0 Å². The van der Waals surface area contributed by atoms with Crippen LogP contribution in [0.1, 0.15) is 13.8 Å². The van der Waals surface area contributed by atoms with Crippen molar-refractivity contribution in [3.05, 3.63) is 18.4 Å². The van der Waals surface area contributed by atoms with Crippen molar-refractivity contribution in [1.82, 2.24) is 0 Å². The maximum atomic E-state index is 10.6. The van der Waals surface area contributed by atoms with E-state index in [0.29, 0.717) is 0 Å². The van der Waals surface area contributed by atoms with Crippen LogP contribution in [0.15, 0.2) is 18.4 Å². The maximum Gasteiger partial charge on any atom is 0.307 e. The molecule has 0 spiro atoms. The Morgan fingerprint density at radius 1 is 1.67 bits per heavy atom. The van der Waals surface area contributed by atoms with E-state index in [2.05, 4.69) is 12.3 Å². The first-order valence-corrected chi connectivity index (χ1v) is 3.60. The third-order valence-corrected chi connectivity index (χ3v) is 2.47. The highest BCUT2D eigenvalue weighted by molar-refractivity contribution is 5.85. The van der Waals surface area contributed by atoms with E-state index in [1.54, 1.807) is 6.08 Å². The van der Waals surface area contributed by atoms with Crippen LogP contribution in [-0.4, -0.2) is 11.1 Å². The maximum absolute atomic E-state index is 10.6. The number of carbonyl (C=O) groups is 1. The van der Waals surface area contributed by atoms with Gasteiger partial charge in [0, 0.05) is 5.92 Å². The van der Waals surface area contributed by atoms with Crippen LogP contribution >= 0.6 is 12.4 Å². The van der Waals surface area contributed by atoms with Gasteiger partial charge in [-0.15, -0.1) is 18.1 Å². The molecular weight excluding hydrogens is 176 g/mol. The van der Waals surface area contributed by atoms with Gasteiger partial charge in [0.2, 0.25) is 0 Å². The summed E-state index contributed by atoms with van der Waals surface area (Å²) in [7, 11) is 0. The van der Waals surface area contributed by atoms with E-state index in [4.69, 9.17) is 5.11 Å². The van der Waals surface area contributed by atoms with Crippen LogP contribution in [0.5, 0.6) is 0 Å². The molecule has 1 saturated carbocycles. The molecule has 1 N–H and O–H groups in total. The molecule has 0 saturated heterocycles. The molecule has 0 bridgehead atoms. The molecule has 12 heavy (non-hydrogen) atoms. The first-order valence-electron chi connectivity index (χ1n) is 3.60. The highest BCUT2D eigenvalue weighted by Gasteiger charge is 2.60. The van der Waals surface area contributed by atoms with E-state index >= 15 is 0 Å². The molecular formula is C9H13ClO2. The van der Waals surface area contributed by atoms with Gasteiger partial charge >= 0.3 is 5.97 Å². The van der Waals surface area contributed by atoms with Gasteiger partial charge in [-0.3, -0.25) is 4.79 Å². The Balaban J connectivity index is 0.00000121. The zero-order chi connectivity index (χ0) is 8.65. The second kappa shape index (κ2) is 3.34. The lowest BCUT2D eigenvalue weighted by molar-refractivity contribution is -0.139. The Bertz CT molecular complexity index is 229. The summed E-state index contributed by atoms with van der Waals surface area (Å²) >= 11 is 0. The van der Waals surface area contributed by atoms with Crippen molar-refractivity contribution in [2.24, 2.45) is 17.3 Å². The van der Waals surface area contributed by atoms with Gasteiger partial charge in [-0.05, 0) is 11.5 Å². The minimum Gasteiger partial charge on any atom is -0.481 e. The van der Waals surface area contributed by atoms with Crippen molar-refractivity contribution in [3.8, 4) is 0 Å². The van der Waals surface area contributed by atoms with E-state index in [1.165, 1.54) is 0 Å². The van der Waals surface area contributed by atoms with Crippen molar-refractivity contribution >= 4 is 18.4 Å². The Labute approximate surface area is 78.4 Å². The lowest BCUT2D eigenvalue weighted by Crippen LogP contribution is -2.02. The summed E-state index contributed by atoms with van der Waals surface area (Å²) in [4.78, 5) is 10.6. The number of rotatable bonds is 2. The summed E-state index contributed by atoms with van der Waals surface area (Å²) in [6.07, 6.45) is 1.75. The first kappa shape index (κ1) is 11.3. The molecule has 0 radical (unpaired) electrons. The number of hydrogen-bond donors (Lipinski definition) is 1. The van der Waals surface area contributed by atoms with Crippen LogP contribution in [0.2, 0.25) is 0 Å². The van der Waals surface area contributed by atoms with Crippen LogP contribution in [-0.2, 0) is 4.79 Å². The summed E-state index contributed by atoms with van der Waals surface area (Å²) < 4.78 is 0. The lowest BCUT2D eigenvalue weighted by Gasteiger charge is -1.95. The fourth-order valence-electron chi connectivity index (χ4n) is 1.59. The minimum atomic E-state index is -0.716. The standard InChI is InChI=1S/C9H12O2.ClH/c1-4-5-6-7(8(10)11)9(6,2)3;/h5-7H,1H2,2-3H3,(H,10,11);1H. The van der Waals surface area contributed by atoms with Crippen molar-refractivity contribution < 1.29 is 9.90 Å². The van der Waals surface area contributed by atoms with E-state index < -0.39 is 5.97 Å². The van der Waals surface area contributed by atoms with E-state index in [-0.39, 0.29) is 29.7 Å². The second-order valence-electron chi connectivity index (χ2n) is 3.53. The van der Waals surface area contributed by atoms with Gasteiger partial charge in [0.25, 0.3) is 0 Å². The molecule has 2 atom stereocenters. The van der Waals surface area contributed by atoms with Crippen molar-refractivity contribution in [2.75, 3.05) is 0 Å². The molecule has 0 heterocycles. The predicted octanol–water partition coefficient (Wildman–Crippen LogP) is 2.11. The topological polar surface area (TPSA) is 37.3 Å². The Hall–Kier alpha value is -0.720. The SMILES string of the molecule is C=C=CC1C(C(=O)O)C1(C)C.Cl. The quantitative estimate of drug-likeness (QED) is 0.674. The highest BCUT2D eigenvalue weighted by Crippen LogP contribution is 2.58. The Morgan fingerprint density at radius 2 is 2.17 bits per heavy atom. The van der Waals surface area contributed by atoms with Gasteiger partial charge in [-0.1, -0.05) is 20.4 Å². The highest BCUT2D eigenvalue weighted by atomic mass is 35.5. The molecule has 1 rings (SSSR count). The molecule has 1 aliphatic carbocycles. The molecule has 0 aromatic carbocycles. The van der Waals surface area contributed by atoms with Gasteiger partial charge in [0.15, 0.2) is 0 Å². The van der Waals surface area contributed by atoms with Gasteiger partial charge in [-0.2, -0.15) is 0 Å². The van der Waals surface area contributed by atoms with Gasteiger partial charge in [-0.25, -0.2) is 0 Å². The van der Waals surface area contributed by atoms with E-state index in [0.717, 1.165) is 0 Å². The number of hydrogen-bond acceptors (Lipinski definition) is 1. The molecule has 0 aliphatic heterocycles. The van der Waals surface area contributed by atoms with E-state index in [9.17, 15) is 4.79 Å². The fraction of sp³-hybridized carbons (Fsp3) is 0.556. The molecule has 0 aromatic rings. The molecule has 2 nitrogen and oxygen atoms in total. The van der Waals surface area contributed by atoms with Crippen LogP contribution in [0.25, 0.3) is 0 Å². The molecule has 2 unspecified atom stereocenters. The summed E-state index contributed by atoms with van der Waals surface area (Å²) in [6, 6.07) is 0. The first-order chi connectivity index (χ1) is 5.01. The number of aliphatic carboxylic acids is 1. The molecule has 0 aromatic heterocycles. The average Bonchev–Trinajstić information content (AvgIpc) is 2.35. The third kappa shape index (κ3) is 1.55.